The highest BCUT2D eigenvalue weighted by Crippen LogP contribution is 2.34. The van der Waals surface area contributed by atoms with Gasteiger partial charge in [0.1, 0.15) is 5.76 Å². The number of nitrogens with zero attached hydrogens (tertiary/aromatic N) is 2. The van der Waals surface area contributed by atoms with Gasteiger partial charge in [-0.1, -0.05) is 53.3 Å². The molecule has 0 bridgehead atoms. The lowest BCUT2D eigenvalue weighted by Crippen LogP contribution is -2.31. The summed E-state index contributed by atoms with van der Waals surface area (Å²) >= 11 is 7.58. The van der Waals surface area contributed by atoms with Gasteiger partial charge in [-0.2, -0.15) is 0 Å². The molecular formula is C23H21ClN2O4S2. The van der Waals surface area contributed by atoms with Gasteiger partial charge in [0.15, 0.2) is 15.0 Å². The third-order valence-corrected chi connectivity index (χ3v) is 8.07. The molecule has 0 spiro atoms. The number of anilines is 1. The van der Waals surface area contributed by atoms with E-state index < -0.39 is 9.84 Å². The van der Waals surface area contributed by atoms with Crippen LogP contribution in [0.1, 0.15) is 23.3 Å². The number of sulfone groups is 1. The Labute approximate surface area is 195 Å². The minimum atomic E-state index is -3.45. The Balaban J connectivity index is 1.56. The Morgan fingerprint density at radius 2 is 1.91 bits per heavy atom. The van der Waals surface area contributed by atoms with E-state index >= 15 is 0 Å². The average molecular weight is 489 g/mol. The van der Waals surface area contributed by atoms with E-state index in [4.69, 9.17) is 16.0 Å². The predicted octanol–water partition coefficient (Wildman–Crippen LogP) is 5.39. The van der Waals surface area contributed by atoms with Crippen molar-refractivity contribution in [2.24, 2.45) is 0 Å². The van der Waals surface area contributed by atoms with Crippen molar-refractivity contribution in [1.29, 1.82) is 0 Å². The molecule has 9 heteroatoms. The van der Waals surface area contributed by atoms with E-state index in [1.54, 1.807) is 42.5 Å². The van der Waals surface area contributed by atoms with E-state index in [9.17, 15) is 13.2 Å². The number of carbonyl (C=O) groups is 1. The van der Waals surface area contributed by atoms with Gasteiger partial charge in [0, 0.05) is 11.4 Å². The van der Waals surface area contributed by atoms with Crippen LogP contribution in [0.5, 0.6) is 0 Å². The van der Waals surface area contributed by atoms with Crippen LogP contribution in [-0.4, -0.2) is 25.1 Å². The minimum Gasteiger partial charge on any atom is -0.467 e. The third-order valence-electron chi connectivity index (χ3n) is 5.02. The first-order valence-electron chi connectivity index (χ1n) is 9.95. The van der Waals surface area contributed by atoms with Crippen LogP contribution in [0.3, 0.4) is 0 Å². The number of aryl methyl sites for hydroxylation is 1. The summed E-state index contributed by atoms with van der Waals surface area (Å²) in [6.07, 6.45) is 1.39. The summed E-state index contributed by atoms with van der Waals surface area (Å²) in [6, 6.07) is 16.1. The molecule has 0 saturated carbocycles. The molecule has 0 atom stereocenters. The number of hydrogen-bond donors (Lipinski definition) is 0. The van der Waals surface area contributed by atoms with Gasteiger partial charge < -0.3 is 4.42 Å². The lowest BCUT2D eigenvalue weighted by atomic mass is 10.2. The highest BCUT2D eigenvalue weighted by Gasteiger charge is 2.24. The maximum Gasteiger partial charge on any atom is 0.230 e. The Bertz CT molecular complexity index is 1330. The number of halogens is 1. The number of rotatable bonds is 8. The van der Waals surface area contributed by atoms with Gasteiger partial charge in [-0.3, -0.25) is 9.69 Å². The highest BCUT2D eigenvalue weighted by atomic mass is 35.5. The summed E-state index contributed by atoms with van der Waals surface area (Å²) in [5.74, 6) is -0.0937. The van der Waals surface area contributed by atoms with Crippen molar-refractivity contribution in [2.75, 3.05) is 10.7 Å². The van der Waals surface area contributed by atoms with Crippen LogP contribution in [0.4, 0.5) is 5.13 Å². The normalized spacial score (nSPS) is 11.7. The van der Waals surface area contributed by atoms with Crippen molar-refractivity contribution >= 4 is 54.0 Å². The van der Waals surface area contributed by atoms with Crippen molar-refractivity contribution in [2.45, 2.75) is 25.6 Å². The SMILES string of the molecule is Cc1c(Cl)ccc2sc(N(Cc3ccco3)C(=O)CCS(=O)(=O)Cc3ccccc3)nc12. The summed E-state index contributed by atoms with van der Waals surface area (Å²) < 4.78 is 31.5. The van der Waals surface area contributed by atoms with Gasteiger partial charge in [-0.25, -0.2) is 13.4 Å². The maximum absolute atomic E-state index is 13.2. The number of furan rings is 1. The molecule has 4 rings (SSSR count). The lowest BCUT2D eigenvalue weighted by molar-refractivity contribution is -0.118. The number of thiazole rings is 1. The second-order valence-corrected chi connectivity index (χ2v) is 11.0. The number of hydrogen-bond acceptors (Lipinski definition) is 6. The first kappa shape index (κ1) is 22.5. The Hall–Kier alpha value is -2.68. The average Bonchev–Trinajstić information content (AvgIpc) is 3.43. The minimum absolute atomic E-state index is 0.0991. The molecule has 1 amide bonds. The van der Waals surface area contributed by atoms with Crippen LogP contribution in [-0.2, 0) is 26.9 Å². The molecular weight excluding hydrogens is 468 g/mol. The molecule has 0 fully saturated rings. The van der Waals surface area contributed by atoms with E-state index in [0.29, 0.717) is 21.5 Å². The van der Waals surface area contributed by atoms with Gasteiger partial charge in [-0.15, -0.1) is 0 Å². The second-order valence-electron chi connectivity index (χ2n) is 7.40. The maximum atomic E-state index is 13.2. The molecule has 2 heterocycles. The monoisotopic (exact) mass is 488 g/mol. The fourth-order valence-electron chi connectivity index (χ4n) is 3.30. The fraction of sp³-hybridized carbons (Fsp3) is 0.217. The molecule has 2 aromatic carbocycles. The van der Waals surface area contributed by atoms with E-state index in [-0.39, 0.29) is 30.4 Å². The summed E-state index contributed by atoms with van der Waals surface area (Å²) in [5, 5.41) is 1.08. The number of aromatic nitrogens is 1. The Morgan fingerprint density at radius 1 is 1.12 bits per heavy atom. The Kier molecular flexibility index (Phi) is 6.64. The van der Waals surface area contributed by atoms with Crippen LogP contribution >= 0.6 is 22.9 Å². The second kappa shape index (κ2) is 9.44. The summed E-state index contributed by atoms with van der Waals surface area (Å²) in [4.78, 5) is 19.3. The largest absolute Gasteiger partial charge is 0.467 e. The summed E-state index contributed by atoms with van der Waals surface area (Å²) in [5.41, 5.74) is 2.26. The molecule has 0 aliphatic heterocycles. The zero-order valence-corrected chi connectivity index (χ0v) is 19.7. The zero-order valence-electron chi connectivity index (χ0n) is 17.3. The summed E-state index contributed by atoms with van der Waals surface area (Å²) in [6.45, 7) is 2.04. The van der Waals surface area contributed by atoms with Crippen LogP contribution in [0.25, 0.3) is 10.2 Å². The standard InChI is InChI=1S/C23H21ClN2O4S2/c1-16-19(24)9-10-20-22(16)25-23(31-20)26(14-18-8-5-12-30-18)21(27)11-13-32(28,29)15-17-6-3-2-4-7-17/h2-10,12H,11,13-15H2,1H3. The van der Waals surface area contributed by atoms with Crippen LogP contribution in [0.2, 0.25) is 5.02 Å². The van der Waals surface area contributed by atoms with Gasteiger partial charge in [0.2, 0.25) is 5.91 Å². The molecule has 0 aliphatic rings. The molecule has 0 unspecified atom stereocenters. The van der Waals surface area contributed by atoms with Crippen molar-refractivity contribution in [3.05, 3.63) is 82.8 Å². The lowest BCUT2D eigenvalue weighted by Gasteiger charge is -2.18. The van der Waals surface area contributed by atoms with Crippen LogP contribution in [0.15, 0.2) is 65.3 Å². The van der Waals surface area contributed by atoms with Crippen LogP contribution < -0.4 is 4.90 Å². The summed E-state index contributed by atoms with van der Waals surface area (Å²) in [7, 11) is -3.45. The molecule has 2 aromatic heterocycles. The van der Waals surface area contributed by atoms with Gasteiger partial charge in [0.25, 0.3) is 0 Å². The molecule has 4 aromatic rings. The zero-order chi connectivity index (χ0) is 22.7. The van der Waals surface area contributed by atoms with E-state index in [1.165, 1.54) is 22.5 Å². The highest BCUT2D eigenvalue weighted by molar-refractivity contribution is 7.90. The van der Waals surface area contributed by atoms with Gasteiger partial charge in [0.05, 0.1) is 34.5 Å². The number of amides is 1. The third kappa shape index (κ3) is 5.20. The smallest absolute Gasteiger partial charge is 0.230 e. The van der Waals surface area contributed by atoms with Crippen molar-refractivity contribution in [1.82, 2.24) is 4.98 Å². The Morgan fingerprint density at radius 3 is 2.62 bits per heavy atom. The van der Waals surface area contributed by atoms with Gasteiger partial charge in [-0.05, 0) is 42.3 Å². The number of benzene rings is 2. The number of fused-ring (bicyclic) bond motifs is 1. The molecule has 0 saturated heterocycles. The molecule has 166 valence electrons. The molecule has 32 heavy (non-hydrogen) atoms. The molecule has 0 N–H and O–H groups in total. The van der Waals surface area contributed by atoms with Crippen molar-refractivity contribution in [3.63, 3.8) is 0 Å². The fourth-order valence-corrected chi connectivity index (χ4v) is 5.83. The van der Waals surface area contributed by atoms with Crippen molar-refractivity contribution in [3.8, 4) is 0 Å². The molecule has 0 aliphatic carbocycles. The first-order valence-corrected chi connectivity index (χ1v) is 13.0. The van der Waals surface area contributed by atoms with Crippen molar-refractivity contribution < 1.29 is 17.6 Å². The van der Waals surface area contributed by atoms with E-state index in [2.05, 4.69) is 4.98 Å². The van der Waals surface area contributed by atoms with Gasteiger partial charge >= 0.3 is 0 Å². The molecule has 6 nitrogen and oxygen atoms in total. The van der Waals surface area contributed by atoms with E-state index in [0.717, 1.165) is 15.8 Å². The molecule has 0 radical (unpaired) electrons. The topological polar surface area (TPSA) is 80.5 Å². The first-order chi connectivity index (χ1) is 15.3. The van der Waals surface area contributed by atoms with E-state index in [1.807, 2.05) is 19.1 Å². The van der Waals surface area contributed by atoms with Crippen LogP contribution in [0, 0.1) is 6.92 Å². The predicted molar refractivity (Wildman–Crippen MR) is 128 cm³/mol. The number of carbonyl (C=O) groups excluding carboxylic acids is 1. The quantitative estimate of drug-likeness (QED) is 0.332.